The molecule has 3 aromatic rings. The first-order valence-corrected chi connectivity index (χ1v) is 15.0. The van der Waals surface area contributed by atoms with Crippen molar-refractivity contribution < 1.29 is 34.0 Å². The molecule has 0 saturated carbocycles. The number of nitriles is 1. The number of nitrogens with zero attached hydrogens (tertiary/aromatic N) is 4. The van der Waals surface area contributed by atoms with Gasteiger partial charge in [0.05, 0.1) is 36.4 Å². The van der Waals surface area contributed by atoms with Gasteiger partial charge in [-0.05, 0) is 57.0 Å². The average Bonchev–Trinajstić information content (AvgIpc) is 3.60. The van der Waals surface area contributed by atoms with Gasteiger partial charge in [-0.15, -0.1) is 0 Å². The van der Waals surface area contributed by atoms with Crippen LogP contribution < -0.4 is 14.2 Å². The third-order valence-electron chi connectivity index (χ3n) is 10.5. The lowest BCUT2D eigenvalue weighted by Gasteiger charge is -2.60. The van der Waals surface area contributed by atoms with Gasteiger partial charge in [-0.25, -0.2) is 0 Å². The van der Waals surface area contributed by atoms with Crippen LogP contribution >= 0.6 is 0 Å². The number of hydrogen-bond acceptors (Lipinski definition) is 10. The van der Waals surface area contributed by atoms with Crippen molar-refractivity contribution in [2.45, 2.75) is 56.9 Å². The van der Waals surface area contributed by atoms with E-state index < -0.39 is 29.9 Å². The number of benzene rings is 3. The fourth-order valence-electron chi connectivity index (χ4n) is 8.60. The number of carbonyl (C=O) groups is 2. The molecule has 11 nitrogen and oxygen atoms in total. The van der Waals surface area contributed by atoms with Crippen LogP contribution in [0.15, 0.2) is 30.3 Å². The van der Waals surface area contributed by atoms with Gasteiger partial charge in [-0.3, -0.25) is 24.3 Å². The van der Waals surface area contributed by atoms with E-state index in [-0.39, 0.29) is 36.9 Å². The van der Waals surface area contributed by atoms with Crippen molar-refractivity contribution in [2.75, 3.05) is 27.5 Å². The summed E-state index contributed by atoms with van der Waals surface area (Å²) >= 11 is 0. The Hall–Kier alpha value is -4.79. The van der Waals surface area contributed by atoms with E-state index in [2.05, 4.69) is 15.9 Å². The van der Waals surface area contributed by atoms with Crippen molar-refractivity contribution in [1.82, 2.24) is 14.7 Å². The van der Waals surface area contributed by atoms with Gasteiger partial charge in [0.25, 0.3) is 11.8 Å². The molecule has 2 bridgehead atoms. The molecule has 8 rings (SSSR count). The Balaban J connectivity index is 1.35. The number of likely N-dealkylation sites (N-methyl/N-ethyl adjacent to an activating group) is 1. The average molecular weight is 609 g/mol. The van der Waals surface area contributed by atoms with E-state index in [1.807, 2.05) is 20.0 Å². The van der Waals surface area contributed by atoms with E-state index in [9.17, 15) is 25.1 Å². The number of hydrogen-bond donors (Lipinski definition) is 2. The molecule has 5 heterocycles. The van der Waals surface area contributed by atoms with Crippen molar-refractivity contribution in [3.05, 3.63) is 74.8 Å². The minimum Gasteiger partial charge on any atom is -0.507 e. The van der Waals surface area contributed by atoms with E-state index in [1.54, 1.807) is 31.2 Å². The summed E-state index contributed by atoms with van der Waals surface area (Å²) in [5.41, 5.74) is 4.92. The number of phenols is 2. The molecule has 3 aromatic carbocycles. The molecule has 5 aliphatic heterocycles. The minimum absolute atomic E-state index is 0.0364. The number of aryl methyl sites for hydroxylation is 1. The van der Waals surface area contributed by atoms with Crippen LogP contribution in [-0.2, 0) is 12.8 Å². The zero-order valence-electron chi connectivity index (χ0n) is 25.3. The first-order chi connectivity index (χ1) is 21.7. The number of piperazine rings is 1. The molecule has 5 aliphatic rings. The highest BCUT2D eigenvalue weighted by Gasteiger charge is 2.57. The summed E-state index contributed by atoms with van der Waals surface area (Å²) in [6, 6.07) is 8.91. The summed E-state index contributed by atoms with van der Waals surface area (Å²) in [5, 5.41) is 34.1. The van der Waals surface area contributed by atoms with Gasteiger partial charge in [0.2, 0.25) is 6.79 Å². The predicted molar refractivity (Wildman–Crippen MR) is 160 cm³/mol. The molecular formula is C34H32N4O7. The highest BCUT2D eigenvalue weighted by Crippen LogP contribution is 2.58. The van der Waals surface area contributed by atoms with Gasteiger partial charge in [-0.2, -0.15) is 5.26 Å². The number of ether oxygens (including phenoxy) is 3. The van der Waals surface area contributed by atoms with E-state index in [0.29, 0.717) is 57.9 Å². The molecule has 0 radical (unpaired) electrons. The number of fused-ring (bicyclic) bond motifs is 10. The molecule has 2 N–H and O–H groups in total. The summed E-state index contributed by atoms with van der Waals surface area (Å²) in [5.74, 6) is 0.583. The highest BCUT2D eigenvalue weighted by molar-refractivity contribution is 6.21. The molecule has 45 heavy (non-hydrogen) atoms. The van der Waals surface area contributed by atoms with Crippen molar-refractivity contribution >= 4 is 11.8 Å². The van der Waals surface area contributed by atoms with Gasteiger partial charge >= 0.3 is 0 Å². The van der Waals surface area contributed by atoms with Crippen LogP contribution in [0.5, 0.6) is 28.7 Å². The second kappa shape index (κ2) is 9.60. The van der Waals surface area contributed by atoms with E-state index in [1.165, 1.54) is 12.0 Å². The molecule has 1 fully saturated rings. The fraction of sp³-hybridized carbons (Fsp3) is 0.382. The van der Waals surface area contributed by atoms with Crippen molar-refractivity contribution in [1.29, 1.82) is 5.26 Å². The lowest BCUT2D eigenvalue weighted by Crippen LogP contribution is -2.68. The zero-order valence-corrected chi connectivity index (χ0v) is 25.3. The Morgan fingerprint density at radius 1 is 1.00 bits per heavy atom. The lowest BCUT2D eigenvalue weighted by atomic mass is 9.71. The second-order valence-corrected chi connectivity index (χ2v) is 12.5. The van der Waals surface area contributed by atoms with Gasteiger partial charge < -0.3 is 24.4 Å². The SMILES string of the molecule is COc1c(C)cc2c(c1O)[C@@H]1C3Cc4c(O)c(C)c5c(c4[C@H](CN4C(=O)c6ccccc6C4=O)N3C(C#N)C(C2)N1C)OCO5. The molecular weight excluding hydrogens is 576 g/mol. The standard InChI is InChI=1S/C34H32N4O7/c1-15-9-17-10-21-23(12-35)38-22(27(36(21)3)25(17)29(40)30(15)43-4)11-20-26(32-31(44-14-45-32)16(2)28(20)39)24(38)13-37-33(41)18-7-5-6-8-19(18)34(37)42/h5-9,21-24,27,39-40H,10-11,13-14H2,1-4H3/t21?,22?,23?,24-,27-/m0/s1. The van der Waals surface area contributed by atoms with Gasteiger partial charge in [0, 0.05) is 40.9 Å². The number of phenolic OH excluding ortho intramolecular Hbond substituents is 2. The van der Waals surface area contributed by atoms with Gasteiger partial charge in [0.1, 0.15) is 11.8 Å². The number of carbonyl (C=O) groups excluding carboxylic acids is 2. The smallest absolute Gasteiger partial charge is 0.261 e. The maximum atomic E-state index is 13.7. The third-order valence-corrected chi connectivity index (χ3v) is 10.5. The molecule has 5 atom stereocenters. The van der Waals surface area contributed by atoms with Gasteiger partial charge in [-0.1, -0.05) is 18.2 Å². The molecule has 0 aromatic heterocycles. The quantitative estimate of drug-likeness (QED) is 0.425. The number of aromatic hydroxyl groups is 2. The molecule has 2 amide bonds. The third kappa shape index (κ3) is 3.52. The fourth-order valence-corrected chi connectivity index (χ4v) is 8.60. The molecule has 1 saturated heterocycles. The topological polar surface area (TPSA) is 136 Å². The number of methoxy groups -OCH3 is 1. The summed E-state index contributed by atoms with van der Waals surface area (Å²) in [6.45, 7) is 3.56. The summed E-state index contributed by atoms with van der Waals surface area (Å²) in [7, 11) is 3.49. The lowest BCUT2D eigenvalue weighted by molar-refractivity contribution is -0.0758. The summed E-state index contributed by atoms with van der Waals surface area (Å²) < 4.78 is 17.4. The first kappa shape index (κ1) is 27.7. The molecule has 3 unspecified atom stereocenters. The van der Waals surface area contributed by atoms with Crippen LogP contribution in [0.4, 0.5) is 0 Å². The first-order valence-electron chi connectivity index (χ1n) is 15.0. The maximum Gasteiger partial charge on any atom is 0.261 e. The molecule has 11 heteroatoms. The second-order valence-electron chi connectivity index (χ2n) is 12.5. The Bertz CT molecular complexity index is 1850. The van der Waals surface area contributed by atoms with Crippen LogP contribution in [0.3, 0.4) is 0 Å². The van der Waals surface area contributed by atoms with Crippen LogP contribution in [0.1, 0.15) is 66.2 Å². The highest BCUT2D eigenvalue weighted by atomic mass is 16.7. The monoisotopic (exact) mass is 608 g/mol. The molecule has 0 spiro atoms. The normalized spacial score (nSPS) is 26.2. The zero-order chi connectivity index (χ0) is 31.5. The maximum absolute atomic E-state index is 13.7. The number of rotatable bonds is 3. The summed E-state index contributed by atoms with van der Waals surface area (Å²) in [6.07, 6.45) is 0.831. The van der Waals surface area contributed by atoms with Crippen molar-refractivity contribution in [3.63, 3.8) is 0 Å². The van der Waals surface area contributed by atoms with Crippen LogP contribution in [-0.4, -0.2) is 82.3 Å². The van der Waals surface area contributed by atoms with Crippen molar-refractivity contribution in [2.24, 2.45) is 0 Å². The number of imide groups is 1. The molecule has 230 valence electrons. The van der Waals surface area contributed by atoms with Gasteiger partial charge in [0.15, 0.2) is 23.0 Å². The Labute approximate surface area is 259 Å². The largest absolute Gasteiger partial charge is 0.507 e. The Morgan fingerprint density at radius 3 is 2.36 bits per heavy atom. The molecule has 0 aliphatic carbocycles. The predicted octanol–water partition coefficient (Wildman–Crippen LogP) is 3.52. The Kier molecular flexibility index (Phi) is 5.92. The van der Waals surface area contributed by atoms with Crippen LogP contribution in [0.2, 0.25) is 0 Å². The summed E-state index contributed by atoms with van der Waals surface area (Å²) in [4.78, 5) is 32.8. The number of amides is 2. The van der Waals surface area contributed by atoms with Crippen LogP contribution in [0, 0.1) is 25.2 Å². The Morgan fingerprint density at radius 2 is 1.69 bits per heavy atom. The van der Waals surface area contributed by atoms with Crippen LogP contribution in [0.25, 0.3) is 0 Å². The minimum atomic E-state index is -0.706. The van der Waals surface area contributed by atoms with E-state index in [0.717, 1.165) is 16.7 Å². The van der Waals surface area contributed by atoms with E-state index in [4.69, 9.17) is 14.2 Å². The van der Waals surface area contributed by atoms with E-state index >= 15 is 0 Å². The van der Waals surface area contributed by atoms with Crippen molar-refractivity contribution in [3.8, 4) is 34.8 Å².